The van der Waals surface area contributed by atoms with Crippen LogP contribution in [-0.2, 0) is 11.3 Å². The molecular formula is C18H24ClN3O3. The quantitative estimate of drug-likeness (QED) is 0.821. The molecule has 2 aliphatic rings. The molecule has 1 aromatic carbocycles. The van der Waals surface area contributed by atoms with Gasteiger partial charge in [0.25, 0.3) is 0 Å². The Morgan fingerprint density at radius 1 is 1.16 bits per heavy atom. The molecule has 2 aliphatic heterocycles. The third kappa shape index (κ3) is 2.87. The molecule has 6 nitrogen and oxygen atoms in total. The highest BCUT2D eigenvalue weighted by atomic mass is 35.5. The fourth-order valence-electron chi connectivity index (χ4n) is 4.34. The van der Waals surface area contributed by atoms with Crippen LogP contribution in [0.25, 0.3) is 11.0 Å². The number of hydrogen-bond donors (Lipinski definition) is 0. The summed E-state index contributed by atoms with van der Waals surface area (Å²) in [4.78, 5) is 27.7. The number of hydrogen-bond acceptors (Lipinski definition) is 4. The molecule has 4 rings (SSSR count). The SMILES string of the molecule is CCn1c(=O)n(C(=O)OC2CC3CCC(C2)N3C)c2ccccc21.Cl. The Hall–Kier alpha value is -1.79. The molecule has 0 amide bonds. The number of para-hydroxylation sites is 2. The highest BCUT2D eigenvalue weighted by Crippen LogP contribution is 2.35. The van der Waals surface area contributed by atoms with Gasteiger partial charge in [-0.05, 0) is 38.9 Å². The van der Waals surface area contributed by atoms with Gasteiger partial charge in [0.1, 0.15) is 6.10 Å². The molecule has 0 saturated carbocycles. The fourth-order valence-corrected chi connectivity index (χ4v) is 4.34. The minimum Gasteiger partial charge on any atom is -0.445 e. The van der Waals surface area contributed by atoms with Gasteiger partial charge in [0, 0.05) is 31.5 Å². The number of aryl methyl sites for hydroxylation is 1. The predicted octanol–water partition coefficient (Wildman–Crippen LogP) is 2.85. The summed E-state index contributed by atoms with van der Waals surface area (Å²) in [5.74, 6) is 0. The highest BCUT2D eigenvalue weighted by Gasteiger charge is 2.40. The Kier molecular flexibility index (Phi) is 4.93. The molecule has 0 radical (unpaired) electrons. The van der Waals surface area contributed by atoms with Gasteiger partial charge in [0.05, 0.1) is 11.0 Å². The molecule has 3 heterocycles. The van der Waals surface area contributed by atoms with Gasteiger partial charge in [0.15, 0.2) is 0 Å². The van der Waals surface area contributed by atoms with Gasteiger partial charge in [-0.2, -0.15) is 4.57 Å². The lowest BCUT2D eigenvalue weighted by molar-refractivity contribution is 0.0290. The standard InChI is InChI=1S/C18H23N3O3.ClH/c1-3-20-15-6-4-5-7-16(15)21(17(20)22)18(23)24-14-10-12-8-9-13(11-14)19(12)2;/h4-7,12-14H,3,8-11H2,1-2H3;1H. The molecule has 136 valence electrons. The maximum atomic E-state index is 12.7. The van der Waals surface area contributed by atoms with E-state index in [1.165, 1.54) is 17.4 Å². The molecule has 2 aromatic rings. The van der Waals surface area contributed by atoms with Crippen molar-refractivity contribution in [3.8, 4) is 0 Å². The molecule has 2 saturated heterocycles. The van der Waals surface area contributed by atoms with E-state index in [-0.39, 0.29) is 24.2 Å². The minimum atomic E-state index is -0.544. The van der Waals surface area contributed by atoms with E-state index in [2.05, 4.69) is 11.9 Å². The van der Waals surface area contributed by atoms with E-state index in [1.807, 2.05) is 25.1 Å². The topological polar surface area (TPSA) is 56.5 Å². The summed E-state index contributed by atoms with van der Waals surface area (Å²) in [5, 5.41) is 0. The smallest absolute Gasteiger partial charge is 0.423 e. The number of benzene rings is 1. The first-order chi connectivity index (χ1) is 11.6. The number of halogens is 1. The van der Waals surface area contributed by atoms with Crippen molar-refractivity contribution in [1.29, 1.82) is 0 Å². The van der Waals surface area contributed by atoms with E-state index in [9.17, 15) is 9.59 Å². The lowest BCUT2D eigenvalue weighted by Crippen LogP contribution is -2.44. The second-order valence-electron chi connectivity index (χ2n) is 6.88. The third-order valence-electron chi connectivity index (χ3n) is 5.66. The molecular weight excluding hydrogens is 342 g/mol. The van der Waals surface area contributed by atoms with Crippen LogP contribution in [0.5, 0.6) is 0 Å². The lowest BCUT2D eigenvalue weighted by Gasteiger charge is -2.35. The number of carbonyl (C=O) groups is 1. The van der Waals surface area contributed by atoms with Crippen molar-refractivity contribution in [2.45, 2.75) is 57.3 Å². The number of ether oxygens (including phenoxy) is 1. The Morgan fingerprint density at radius 2 is 1.76 bits per heavy atom. The summed E-state index contributed by atoms with van der Waals surface area (Å²) >= 11 is 0. The van der Waals surface area contributed by atoms with Crippen LogP contribution in [0.4, 0.5) is 4.79 Å². The maximum absolute atomic E-state index is 12.7. The van der Waals surface area contributed by atoms with Crippen LogP contribution < -0.4 is 5.69 Å². The van der Waals surface area contributed by atoms with Crippen molar-refractivity contribution in [3.05, 3.63) is 34.7 Å². The third-order valence-corrected chi connectivity index (χ3v) is 5.66. The number of carbonyl (C=O) groups excluding carboxylic acids is 1. The molecule has 0 aliphatic carbocycles. The van der Waals surface area contributed by atoms with Crippen molar-refractivity contribution in [2.24, 2.45) is 0 Å². The number of nitrogens with zero attached hydrogens (tertiary/aromatic N) is 3. The summed E-state index contributed by atoms with van der Waals surface area (Å²) in [6, 6.07) is 8.35. The molecule has 2 unspecified atom stereocenters. The number of fused-ring (bicyclic) bond motifs is 3. The summed E-state index contributed by atoms with van der Waals surface area (Å²) in [6.45, 7) is 2.43. The zero-order chi connectivity index (χ0) is 16.8. The Morgan fingerprint density at radius 3 is 2.36 bits per heavy atom. The van der Waals surface area contributed by atoms with E-state index in [0.29, 0.717) is 24.1 Å². The molecule has 2 bridgehead atoms. The van der Waals surface area contributed by atoms with Crippen molar-refractivity contribution in [2.75, 3.05) is 7.05 Å². The van der Waals surface area contributed by atoms with Crippen LogP contribution in [0, 0.1) is 0 Å². The average molecular weight is 366 g/mol. The van der Waals surface area contributed by atoms with Gasteiger partial charge in [-0.15, -0.1) is 12.4 Å². The van der Waals surface area contributed by atoms with E-state index in [1.54, 1.807) is 10.6 Å². The van der Waals surface area contributed by atoms with Gasteiger partial charge in [-0.25, -0.2) is 9.59 Å². The van der Waals surface area contributed by atoms with Crippen LogP contribution in [0.3, 0.4) is 0 Å². The van der Waals surface area contributed by atoms with Crippen LogP contribution in [-0.4, -0.2) is 45.4 Å². The van der Waals surface area contributed by atoms with E-state index >= 15 is 0 Å². The first-order valence-electron chi connectivity index (χ1n) is 8.73. The van der Waals surface area contributed by atoms with Gasteiger partial charge < -0.3 is 9.64 Å². The monoisotopic (exact) mass is 365 g/mol. The molecule has 2 fully saturated rings. The largest absolute Gasteiger partial charge is 0.445 e. The average Bonchev–Trinajstić information content (AvgIpc) is 2.95. The zero-order valence-corrected chi connectivity index (χ0v) is 15.4. The maximum Gasteiger partial charge on any atom is 0.423 e. The van der Waals surface area contributed by atoms with Crippen molar-refractivity contribution in [3.63, 3.8) is 0 Å². The van der Waals surface area contributed by atoms with Crippen molar-refractivity contribution in [1.82, 2.24) is 14.0 Å². The van der Waals surface area contributed by atoms with Crippen LogP contribution >= 0.6 is 12.4 Å². The van der Waals surface area contributed by atoms with Gasteiger partial charge in [0.2, 0.25) is 0 Å². The van der Waals surface area contributed by atoms with Crippen LogP contribution in [0.15, 0.2) is 29.1 Å². The van der Waals surface area contributed by atoms with Crippen LogP contribution in [0.2, 0.25) is 0 Å². The second kappa shape index (κ2) is 6.84. The van der Waals surface area contributed by atoms with Crippen molar-refractivity contribution < 1.29 is 9.53 Å². The number of aromatic nitrogens is 2. The Balaban J connectivity index is 0.00000182. The molecule has 0 spiro atoms. The summed E-state index contributed by atoms with van der Waals surface area (Å²) in [6.07, 6.45) is 3.42. The zero-order valence-electron chi connectivity index (χ0n) is 14.6. The Bertz CT molecular complexity index is 830. The lowest BCUT2D eigenvalue weighted by atomic mass is 10.0. The normalized spacial score (nSPS) is 25.8. The van der Waals surface area contributed by atoms with Gasteiger partial charge in [-0.1, -0.05) is 12.1 Å². The molecule has 7 heteroatoms. The molecule has 2 atom stereocenters. The Labute approximate surface area is 152 Å². The number of rotatable bonds is 2. The summed E-state index contributed by atoms with van der Waals surface area (Å²) in [7, 11) is 2.15. The van der Waals surface area contributed by atoms with Gasteiger partial charge in [-0.3, -0.25) is 4.57 Å². The first kappa shape index (κ1) is 18.0. The molecule has 1 aromatic heterocycles. The van der Waals surface area contributed by atoms with Crippen molar-refractivity contribution >= 4 is 29.5 Å². The van der Waals surface area contributed by atoms with Crippen LogP contribution in [0.1, 0.15) is 32.6 Å². The van der Waals surface area contributed by atoms with Gasteiger partial charge >= 0.3 is 11.8 Å². The predicted molar refractivity (Wildman–Crippen MR) is 98.6 cm³/mol. The molecule has 25 heavy (non-hydrogen) atoms. The van der Waals surface area contributed by atoms with E-state index < -0.39 is 6.09 Å². The second-order valence-corrected chi connectivity index (χ2v) is 6.88. The summed E-state index contributed by atoms with van der Waals surface area (Å²) in [5.41, 5.74) is 1.07. The van der Waals surface area contributed by atoms with E-state index in [4.69, 9.17) is 4.74 Å². The fraction of sp³-hybridized carbons (Fsp3) is 0.556. The number of imidazole rings is 1. The summed E-state index contributed by atoms with van der Waals surface area (Å²) < 4.78 is 8.52. The highest BCUT2D eigenvalue weighted by molar-refractivity contribution is 5.87. The number of piperidine rings is 1. The minimum absolute atomic E-state index is 0. The van der Waals surface area contributed by atoms with E-state index in [0.717, 1.165) is 18.4 Å². The molecule has 0 N–H and O–H groups in total. The first-order valence-corrected chi connectivity index (χ1v) is 8.73.